The molecule has 27 heavy (non-hydrogen) atoms. The number of hydrazone groups is 1. The summed E-state index contributed by atoms with van der Waals surface area (Å²) in [6.45, 7) is 8.22. The Morgan fingerprint density at radius 3 is 2.59 bits per heavy atom. The molecule has 0 spiro atoms. The first-order chi connectivity index (χ1) is 12.9. The number of carbonyl (C=O) groups excluding carboxylic acids is 1. The van der Waals surface area contributed by atoms with E-state index >= 15 is 0 Å². The van der Waals surface area contributed by atoms with Crippen LogP contribution in [0.3, 0.4) is 0 Å². The van der Waals surface area contributed by atoms with E-state index in [-0.39, 0.29) is 11.8 Å². The number of carbonyl (C=O) groups is 1. The smallest absolute Gasteiger partial charge is 0.300 e. The SMILES string of the molecule is Cc1cc(C)c(Nc2nc3cc(C4=NNC(=O)CC4C)ccc3o2)c(C)c1. The molecule has 0 bridgehead atoms. The van der Waals surface area contributed by atoms with E-state index in [1.807, 2.05) is 25.1 Å². The van der Waals surface area contributed by atoms with Crippen molar-refractivity contribution in [3.05, 3.63) is 52.6 Å². The van der Waals surface area contributed by atoms with Gasteiger partial charge in [0.05, 0.1) is 5.71 Å². The van der Waals surface area contributed by atoms with Crippen molar-refractivity contribution in [2.24, 2.45) is 11.0 Å². The second kappa shape index (κ2) is 6.54. The van der Waals surface area contributed by atoms with Crippen molar-refractivity contribution in [3.63, 3.8) is 0 Å². The van der Waals surface area contributed by atoms with Gasteiger partial charge in [0.25, 0.3) is 6.01 Å². The molecule has 138 valence electrons. The Morgan fingerprint density at radius 2 is 1.89 bits per heavy atom. The summed E-state index contributed by atoms with van der Waals surface area (Å²) < 4.78 is 5.87. The molecule has 2 heterocycles. The van der Waals surface area contributed by atoms with Crippen LogP contribution in [0.25, 0.3) is 11.1 Å². The molecule has 1 aromatic heterocycles. The van der Waals surface area contributed by atoms with Crippen LogP contribution in [0, 0.1) is 26.7 Å². The number of rotatable bonds is 3. The lowest BCUT2D eigenvalue weighted by atomic mass is 9.94. The van der Waals surface area contributed by atoms with Crippen LogP contribution < -0.4 is 10.7 Å². The van der Waals surface area contributed by atoms with Crippen LogP contribution in [0.2, 0.25) is 0 Å². The summed E-state index contributed by atoms with van der Waals surface area (Å²) in [5, 5.41) is 7.52. The highest BCUT2D eigenvalue weighted by atomic mass is 16.4. The standard InChI is InChI=1S/C21H22N4O2/c1-11-7-12(2)19(13(3)8-11)23-21-22-16-10-15(5-6-17(16)27-21)20-14(4)9-18(26)24-25-20/h5-8,10,14H,9H2,1-4H3,(H,22,23)(H,24,26). The molecular weight excluding hydrogens is 340 g/mol. The third-order valence-electron chi connectivity index (χ3n) is 4.85. The average molecular weight is 362 g/mol. The van der Waals surface area contributed by atoms with Crippen LogP contribution in [0.1, 0.15) is 35.6 Å². The van der Waals surface area contributed by atoms with E-state index < -0.39 is 0 Å². The highest BCUT2D eigenvalue weighted by Crippen LogP contribution is 2.28. The van der Waals surface area contributed by atoms with Gasteiger partial charge in [0.1, 0.15) is 5.52 Å². The second-order valence-corrected chi connectivity index (χ2v) is 7.24. The third-order valence-corrected chi connectivity index (χ3v) is 4.85. The number of aromatic nitrogens is 1. The Bertz CT molecular complexity index is 1060. The van der Waals surface area contributed by atoms with Gasteiger partial charge in [-0.2, -0.15) is 10.1 Å². The van der Waals surface area contributed by atoms with Gasteiger partial charge >= 0.3 is 0 Å². The van der Waals surface area contributed by atoms with Crippen molar-refractivity contribution in [2.45, 2.75) is 34.1 Å². The number of nitrogens with one attached hydrogen (secondary N) is 2. The molecule has 0 fully saturated rings. The minimum absolute atomic E-state index is 0.0518. The Morgan fingerprint density at radius 1 is 1.15 bits per heavy atom. The van der Waals surface area contributed by atoms with E-state index in [9.17, 15) is 4.79 Å². The first-order valence-electron chi connectivity index (χ1n) is 9.03. The zero-order valence-corrected chi connectivity index (χ0v) is 15.9. The number of hydrogen-bond acceptors (Lipinski definition) is 5. The van der Waals surface area contributed by atoms with Gasteiger partial charge in [-0.05, 0) is 50.1 Å². The zero-order chi connectivity index (χ0) is 19.1. The lowest BCUT2D eigenvalue weighted by Gasteiger charge is -2.18. The Kier molecular flexibility index (Phi) is 4.18. The van der Waals surface area contributed by atoms with Gasteiger partial charge in [0.2, 0.25) is 5.91 Å². The minimum atomic E-state index is -0.0518. The number of aryl methyl sites for hydroxylation is 3. The van der Waals surface area contributed by atoms with E-state index in [2.05, 4.69) is 53.7 Å². The van der Waals surface area contributed by atoms with E-state index in [0.717, 1.165) is 33.6 Å². The number of hydrogen-bond donors (Lipinski definition) is 2. The number of oxazole rings is 1. The van der Waals surface area contributed by atoms with Gasteiger partial charge in [-0.3, -0.25) is 4.79 Å². The molecule has 0 radical (unpaired) electrons. The van der Waals surface area contributed by atoms with Crippen molar-refractivity contribution in [1.82, 2.24) is 10.4 Å². The maximum absolute atomic E-state index is 11.5. The van der Waals surface area contributed by atoms with Gasteiger partial charge in [0, 0.05) is 23.6 Å². The highest BCUT2D eigenvalue weighted by Gasteiger charge is 2.22. The lowest BCUT2D eigenvalue weighted by Crippen LogP contribution is -2.31. The summed E-state index contributed by atoms with van der Waals surface area (Å²) in [7, 11) is 0. The number of nitrogens with zero attached hydrogens (tertiary/aromatic N) is 2. The number of benzene rings is 2. The van der Waals surface area contributed by atoms with Crippen molar-refractivity contribution in [2.75, 3.05) is 5.32 Å². The summed E-state index contributed by atoms with van der Waals surface area (Å²) in [5.74, 6) is 0.0163. The molecule has 4 rings (SSSR count). The number of fused-ring (bicyclic) bond motifs is 1. The molecule has 1 unspecified atom stereocenters. The molecule has 3 aromatic rings. The molecule has 2 N–H and O–H groups in total. The molecule has 1 aliphatic rings. The molecule has 0 saturated carbocycles. The zero-order valence-electron chi connectivity index (χ0n) is 15.9. The second-order valence-electron chi connectivity index (χ2n) is 7.24. The van der Waals surface area contributed by atoms with Crippen molar-refractivity contribution < 1.29 is 9.21 Å². The van der Waals surface area contributed by atoms with E-state index in [1.165, 1.54) is 5.56 Å². The van der Waals surface area contributed by atoms with Crippen molar-refractivity contribution >= 4 is 34.4 Å². The van der Waals surface area contributed by atoms with Gasteiger partial charge in [-0.25, -0.2) is 5.43 Å². The van der Waals surface area contributed by atoms with E-state index in [0.29, 0.717) is 18.0 Å². The summed E-state index contributed by atoms with van der Waals surface area (Å²) >= 11 is 0. The van der Waals surface area contributed by atoms with Crippen LogP contribution in [-0.4, -0.2) is 16.6 Å². The molecule has 6 heteroatoms. The molecule has 0 saturated heterocycles. The summed E-state index contributed by atoms with van der Waals surface area (Å²) in [6.07, 6.45) is 0.439. The van der Waals surface area contributed by atoms with Crippen molar-refractivity contribution in [1.29, 1.82) is 0 Å². The molecule has 2 aromatic carbocycles. The predicted octanol–water partition coefficient (Wildman–Crippen LogP) is 4.36. The summed E-state index contributed by atoms with van der Waals surface area (Å²) in [6, 6.07) is 10.5. The van der Waals surface area contributed by atoms with E-state index in [4.69, 9.17) is 4.42 Å². The number of amides is 1. The van der Waals surface area contributed by atoms with Gasteiger partial charge < -0.3 is 9.73 Å². The van der Waals surface area contributed by atoms with Crippen LogP contribution in [0.4, 0.5) is 11.7 Å². The minimum Gasteiger partial charge on any atom is -0.423 e. The molecule has 1 amide bonds. The summed E-state index contributed by atoms with van der Waals surface area (Å²) in [4.78, 5) is 16.0. The van der Waals surface area contributed by atoms with Gasteiger partial charge in [0.15, 0.2) is 5.58 Å². The first-order valence-corrected chi connectivity index (χ1v) is 9.03. The molecule has 6 nitrogen and oxygen atoms in total. The fraction of sp³-hybridized carbons (Fsp3) is 0.286. The largest absolute Gasteiger partial charge is 0.423 e. The Hall–Kier alpha value is -3.15. The first kappa shape index (κ1) is 17.3. The quantitative estimate of drug-likeness (QED) is 0.726. The fourth-order valence-corrected chi connectivity index (χ4v) is 3.63. The number of anilines is 2. The van der Waals surface area contributed by atoms with Crippen LogP contribution in [0.5, 0.6) is 0 Å². The van der Waals surface area contributed by atoms with Crippen LogP contribution >= 0.6 is 0 Å². The predicted molar refractivity (Wildman–Crippen MR) is 106 cm³/mol. The molecular formula is C21H22N4O2. The van der Waals surface area contributed by atoms with Gasteiger partial charge in [-0.1, -0.05) is 24.6 Å². The lowest BCUT2D eigenvalue weighted by molar-refractivity contribution is -0.121. The van der Waals surface area contributed by atoms with E-state index in [1.54, 1.807) is 0 Å². The molecule has 0 aliphatic carbocycles. The average Bonchev–Trinajstić information content (AvgIpc) is 2.99. The van der Waals surface area contributed by atoms with Crippen LogP contribution in [0.15, 0.2) is 39.9 Å². The molecule has 1 atom stereocenters. The van der Waals surface area contributed by atoms with Crippen molar-refractivity contribution in [3.8, 4) is 0 Å². The summed E-state index contributed by atoms with van der Waals surface area (Å²) in [5.41, 5.74) is 10.4. The topological polar surface area (TPSA) is 79.5 Å². The maximum Gasteiger partial charge on any atom is 0.300 e. The monoisotopic (exact) mass is 362 g/mol. The normalized spacial score (nSPS) is 17.0. The van der Waals surface area contributed by atoms with Gasteiger partial charge in [-0.15, -0.1) is 0 Å². The molecule has 1 aliphatic heterocycles. The van der Waals surface area contributed by atoms with Crippen LogP contribution in [-0.2, 0) is 4.79 Å². The Balaban J connectivity index is 1.67. The maximum atomic E-state index is 11.5. The third kappa shape index (κ3) is 3.30. The fourth-order valence-electron chi connectivity index (χ4n) is 3.63. The highest BCUT2D eigenvalue weighted by molar-refractivity contribution is 6.07. The Labute approximate surface area is 157 Å².